The molecule has 0 heterocycles. The van der Waals surface area contributed by atoms with Gasteiger partial charge in [0.2, 0.25) is 5.91 Å². The molecule has 23 heavy (non-hydrogen) atoms. The van der Waals surface area contributed by atoms with Crippen molar-refractivity contribution in [3.05, 3.63) is 0 Å². The predicted octanol–water partition coefficient (Wildman–Crippen LogP) is 2.47. The molecular weight excluding hydrogens is 292 g/mol. The van der Waals surface area contributed by atoms with Gasteiger partial charge in [0.05, 0.1) is 5.60 Å². The van der Waals surface area contributed by atoms with Crippen molar-refractivity contribution in [2.45, 2.75) is 85.4 Å². The van der Waals surface area contributed by atoms with Crippen LogP contribution in [0.3, 0.4) is 0 Å². The summed E-state index contributed by atoms with van der Waals surface area (Å²) in [5.74, 6) is -0.0509. The second kappa shape index (κ2) is 9.00. The number of nitrogens with one attached hydrogen (secondary N) is 2. The molecule has 0 fully saturated rings. The predicted molar refractivity (Wildman–Crippen MR) is 95.5 cm³/mol. The summed E-state index contributed by atoms with van der Waals surface area (Å²) in [5.41, 5.74) is -0.955. The fourth-order valence-corrected chi connectivity index (χ4v) is 2.41. The lowest BCUT2D eigenvalue weighted by Gasteiger charge is -2.32. The minimum absolute atomic E-state index is 0.0121. The van der Waals surface area contributed by atoms with E-state index in [0.717, 1.165) is 6.42 Å². The zero-order chi connectivity index (χ0) is 18.3. The van der Waals surface area contributed by atoms with Crippen molar-refractivity contribution in [1.82, 2.24) is 10.6 Å². The number of hydrogen-bond donors (Lipinski definition) is 3. The molecule has 0 bridgehead atoms. The van der Waals surface area contributed by atoms with E-state index in [9.17, 15) is 4.79 Å². The van der Waals surface area contributed by atoms with Gasteiger partial charge in [-0.3, -0.25) is 4.79 Å². The Morgan fingerprint density at radius 2 is 1.65 bits per heavy atom. The van der Waals surface area contributed by atoms with Crippen molar-refractivity contribution in [2.24, 2.45) is 5.41 Å². The quantitative estimate of drug-likeness (QED) is 0.544. The van der Waals surface area contributed by atoms with Crippen molar-refractivity contribution in [1.29, 1.82) is 0 Å². The van der Waals surface area contributed by atoms with E-state index in [1.165, 1.54) is 0 Å². The maximum Gasteiger partial charge on any atom is 0.225 e. The molecule has 3 N–H and O–H groups in total. The van der Waals surface area contributed by atoms with Crippen LogP contribution in [-0.2, 0) is 9.53 Å². The smallest absolute Gasteiger partial charge is 0.225 e. The van der Waals surface area contributed by atoms with Crippen molar-refractivity contribution in [2.75, 3.05) is 19.8 Å². The van der Waals surface area contributed by atoms with Crippen molar-refractivity contribution in [3.63, 3.8) is 0 Å². The number of carbonyl (C=O) groups excluding carboxylic acids is 1. The zero-order valence-electron chi connectivity index (χ0n) is 16.4. The molecule has 0 aliphatic heterocycles. The third-order valence-electron chi connectivity index (χ3n) is 3.93. The van der Waals surface area contributed by atoms with Gasteiger partial charge in [0.15, 0.2) is 0 Å². The summed E-state index contributed by atoms with van der Waals surface area (Å²) in [6.45, 7) is 17.4. The molecule has 0 unspecified atom stereocenters. The third-order valence-corrected chi connectivity index (χ3v) is 3.93. The van der Waals surface area contributed by atoms with E-state index < -0.39 is 11.0 Å². The first-order valence-electron chi connectivity index (χ1n) is 8.62. The van der Waals surface area contributed by atoms with Gasteiger partial charge in [0, 0.05) is 36.8 Å². The largest absolute Gasteiger partial charge is 0.396 e. The van der Waals surface area contributed by atoms with Crippen molar-refractivity contribution in [3.8, 4) is 0 Å². The second-order valence-electron chi connectivity index (χ2n) is 8.58. The molecule has 0 rings (SSSR count). The van der Waals surface area contributed by atoms with Gasteiger partial charge in [-0.1, -0.05) is 27.7 Å². The molecule has 0 aromatic rings. The monoisotopic (exact) mass is 330 g/mol. The highest BCUT2D eigenvalue weighted by Crippen LogP contribution is 2.20. The number of ether oxygens (including phenoxy) is 1. The number of hydrogen-bond acceptors (Lipinski definition) is 4. The topological polar surface area (TPSA) is 70.6 Å². The van der Waals surface area contributed by atoms with E-state index in [-0.39, 0.29) is 18.1 Å². The van der Waals surface area contributed by atoms with Crippen LogP contribution in [0.15, 0.2) is 0 Å². The minimum Gasteiger partial charge on any atom is -0.396 e. The van der Waals surface area contributed by atoms with Crippen LogP contribution in [0.2, 0.25) is 0 Å². The second-order valence-corrected chi connectivity index (χ2v) is 8.58. The van der Waals surface area contributed by atoms with Crippen molar-refractivity contribution < 1.29 is 14.6 Å². The van der Waals surface area contributed by atoms with E-state index in [2.05, 4.69) is 38.3 Å². The lowest BCUT2D eigenvalue weighted by Crippen LogP contribution is -2.47. The molecule has 1 amide bonds. The highest BCUT2D eigenvalue weighted by molar-refractivity contribution is 5.81. The summed E-state index contributed by atoms with van der Waals surface area (Å²) in [7, 11) is 0. The number of rotatable bonds is 11. The van der Waals surface area contributed by atoms with E-state index in [0.29, 0.717) is 25.6 Å². The van der Waals surface area contributed by atoms with Crippen LogP contribution < -0.4 is 10.6 Å². The minimum atomic E-state index is -0.562. The van der Waals surface area contributed by atoms with Gasteiger partial charge >= 0.3 is 0 Å². The van der Waals surface area contributed by atoms with Crippen LogP contribution >= 0.6 is 0 Å². The van der Waals surface area contributed by atoms with E-state index in [1.54, 1.807) is 0 Å². The van der Waals surface area contributed by atoms with E-state index in [1.807, 2.05) is 27.7 Å². The SMILES string of the molecule is CC(C)NC(C)(C)CCOC(C)(C)CNC(=O)C(C)(C)CCO. The molecule has 0 spiro atoms. The summed E-state index contributed by atoms with van der Waals surface area (Å²) < 4.78 is 5.97. The highest BCUT2D eigenvalue weighted by Gasteiger charge is 2.29. The molecule has 5 nitrogen and oxygen atoms in total. The highest BCUT2D eigenvalue weighted by atomic mass is 16.5. The number of aliphatic hydroxyl groups excluding tert-OH is 1. The standard InChI is InChI=1S/C18H38N2O3/c1-14(2)20-17(5,6)10-12-23-18(7,8)13-19-15(22)16(3,4)9-11-21/h14,20-21H,9-13H2,1-8H3,(H,19,22). The third kappa shape index (κ3) is 9.95. The van der Waals surface area contributed by atoms with Crippen LogP contribution in [0.4, 0.5) is 0 Å². The number of carbonyl (C=O) groups is 1. The maximum atomic E-state index is 12.2. The van der Waals surface area contributed by atoms with Crippen LogP contribution in [0.5, 0.6) is 0 Å². The van der Waals surface area contributed by atoms with Gasteiger partial charge in [-0.25, -0.2) is 0 Å². The Bertz CT molecular complexity index is 363. The first-order valence-corrected chi connectivity index (χ1v) is 8.62. The summed E-state index contributed by atoms with van der Waals surface area (Å²) in [5, 5.41) is 15.5. The fraction of sp³-hybridized carbons (Fsp3) is 0.944. The summed E-state index contributed by atoms with van der Waals surface area (Å²) >= 11 is 0. The van der Waals surface area contributed by atoms with Gasteiger partial charge in [-0.2, -0.15) is 0 Å². The molecule has 0 aliphatic carbocycles. The lowest BCUT2D eigenvalue weighted by atomic mass is 9.88. The Hall–Kier alpha value is -0.650. The van der Waals surface area contributed by atoms with Crippen LogP contribution in [0.1, 0.15) is 68.2 Å². The van der Waals surface area contributed by atoms with E-state index in [4.69, 9.17) is 9.84 Å². The molecule has 0 aromatic heterocycles. The molecule has 0 aliphatic rings. The first kappa shape index (κ1) is 22.4. The van der Waals surface area contributed by atoms with Gasteiger partial charge in [0.25, 0.3) is 0 Å². The molecular formula is C18H38N2O3. The number of amides is 1. The molecule has 0 saturated heterocycles. The normalized spacial score (nSPS) is 13.5. The number of aliphatic hydroxyl groups is 1. The Kier molecular flexibility index (Phi) is 8.74. The van der Waals surface area contributed by atoms with Crippen molar-refractivity contribution >= 4 is 5.91 Å². The molecule has 0 aromatic carbocycles. The average Bonchev–Trinajstić information content (AvgIpc) is 2.33. The van der Waals surface area contributed by atoms with Gasteiger partial charge in [0.1, 0.15) is 0 Å². The Morgan fingerprint density at radius 1 is 1.09 bits per heavy atom. The van der Waals surface area contributed by atoms with Gasteiger partial charge in [-0.05, 0) is 40.5 Å². The molecule has 138 valence electrons. The Morgan fingerprint density at radius 3 is 2.13 bits per heavy atom. The first-order chi connectivity index (χ1) is 10.3. The Balaban J connectivity index is 4.27. The summed E-state index contributed by atoms with van der Waals surface area (Å²) in [6.07, 6.45) is 1.35. The molecule has 0 saturated carbocycles. The maximum absolute atomic E-state index is 12.2. The van der Waals surface area contributed by atoms with Gasteiger partial charge < -0.3 is 20.5 Å². The van der Waals surface area contributed by atoms with Crippen LogP contribution in [0.25, 0.3) is 0 Å². The zero-order valence-corrected chi connectivity index (χ0v) is 16.4. The fourth-order valence-electron chi connectivity index (χ4n) is 2.41. The molecule has 0 atom stereocenters. The molecule has 0 radical (unpaired) electrons. The van der Waals surface area contributed by atoms with Gasteiger partial charge in [-0.15, -0.1) is 0 Å². The van der Waals surface area contributed by atoms with Crippen LogP contribution in [-0.4, -0.2) is 48.0 Å². The summed E-state index contributed by atoms with van der Waals surface area (Å²) in [6, 6.07) is 0.436. The lowest BCUT2D eigenvalue weighted by molar-refractivity contribution is -0.131. The van der Waals surface area contributed by atoms with Crippen LogP contribution in [0, 0.1) is 5.41 Å². The van der Waals surface area contributed by atoms with E-state index >= 15 is 0 Å². The Labute approximate surface area is 142 Å². The summed E-state index contributed by atoms with van der Waals surface area (Å²) in [4.78, 5) is 12.2. The molecule has 5 heteroatoms. The average molecular weight is 331 g/mol.